The third-order valence-electron chi connectivity index (χ3n) is 3.25. The van der Waals surface area contributed by atoms with Crippen LogP contribution in [0.5, 0.6) is 0 Å². The van der Waals surface area contributed by atoms with Crippen LogP contribution in [-0.2, 0) is 11.5 Å². The number of nitrogens with two attached hydrogens (primary N) is 1. The highest BCUT2D eigenvalue weighted by Crippen LogP contribution is 2.29. The lowest BCUT2D eigenvalue weighted by molar-refractivity contribution is 0.0786. The van der Waals surface area contributed by atoms with Gasteiger partial charge in [-0.1, -0.05) is 31.2 Å². The van der Waals surface area contributed by atoms with Crippen molar-refractivity contribution >= 4 is 25.4 Å². The van der Waals surface area contributed by atoms with Crippen LogP contribution in [0, 0.1) is 5.82 Å². The first-order valence-electron chi connectivity index (χ1n) is 7.11. The van der Waals surface area contributed by atoms with E-state index in [-0.39, 0.29) is 5.69 Å². The van der Waals surface area contributed by atoms with Crippen LogP contribution in [0.3, 0.4) is 0 Å². The highest BCUT2D eigenvalue weighted by Gasteiger charge is 2.13. The summed E-state index contributed by atoms with van der Waals surface area (Å²) < 4.78 is 21.2. The van der Waals surface area contributed by atoms with Gasteiger partial charge in [0.2, 0.25) is 0 Å². The fourth-order valence-corrected chi connectivity index (χ4v) is 2.81. The van der Waals surface area contributed by atoms with E-state index < -0.39 is 13.9 Å². The van der Waals surface area contributed by atoms with E-state index in [2.05, 4.69) is 24.7 Å². The maximum Gasteiger partial charge on any atom is 0.139 e. The third kappa shape index (κ3) is 4.56. The molecule has 0 unspecified atom stereocenters. The molecule has 1 heterocycles. The van der Waals surface area contributed by atoms with Gasteiger partial charge in [-0.15, -0.1) is 0 Å². The highest BCUT2D eigenvalue weighted by atomic mass is 35.5. The summed E-state index contributed by atoms with van der Waals surface area (Å²) in [5.74, 6) is -0.416. The van der Waals surface area contributed by atoms with Crippen molar-refractivity contribution < 1.29 is 9.13 Å². The second-order valence-electron chi connectivity index (χ2n) is 6.47. The molecule has 7 heteroatoms. The van der Waals surface area contributed by atoms with E-state index >= 15 is 0 Å². The third-order valence-corrected chi connectivity index (χ3v) is 5.28. The predicted octanol–water partition coefficient (Wildman–Crippen LogP) is 4.24. The van der Waals surface area contributed by atoms with Crippen LogP contribution in [0.4, 0.5) is 10.1 Å². The summed E-state index contributed by atoms with van der Waals surface area (Å²) in [5.41, 5.74) is 6.83. The standard InChI is InChI=1S/C15H21ClFN3OSi/c1-22(2,3)5-4-21-10-20-9-11(8-19-20)12-6-13(16)15(18)7-14(12)17/h6-9H,4-5,10,18H2,1-3H3. The number of aromatic nitrogens is 2. The summed E-state index contributed by atoms with van der Waals surface area (Å²) in [6, 6.07) is 3.84. The van der Waals surface area contributed by atoms with E-state index in [9.17, 15) is 4.39 Å². The van der Waals surface area contributed by atoms with Crippen molar-refractivity contribution in [2.24, 2.45) is 0 Å². The maximum atomic E-state index is 14.0. The van der Waals surface area contributed by atoms with Gasteiger partial charge in [0.05, 0.1) is 16.9 Å². The van der Waals surface area contributed by atoms with Crippen molar-refractivity contribution in [1.29, 1.82) is 0 Å². The van der Waals surface area contributed by atoms with Crippen LogP contribution in [0.15, 0.2) is 24.5 Å². The minimum atomic E-state index is -1.09. The zero-order valence-electron chi connectivity index (χ0n) is 13.1. The van der Waals surface area contributed by atoms with Gasteiger partial charge in [0.25, 0.3) is 0 Å². The fourth-order valence-electron chi connectivity index (χ4n) is 1.89. The molecule has 2 aromatic rings. The highest BCUT2D eigenvalue weighted by molar-refractivity contribution is 6.76. The molecule has 0 radical (unpaired) electrons. The molecule has 0 aliphatic heterocycles. The monoisotopic (exact) mass is 341 g/mol. The van der Waals surface area contributed by atoms with Crippen LogP contribution >= 0.6 is 11.6 Å². The molecule has 0 fully saturated rings. The number of benzene rings is 1. The number of nitrogens with zero attached hydrogens (tertiary/aromatic N) is 2. The molecule has 0 spiro atoms. The van der Waals surface area contributed by atoms with Crippen LogP contribution in [0.1, 0.15) is 0 Å². The van der Waals surface area contributed by atoms with Gasteiger partial charge in [-0.3, -0.25) is 0 Å². The van der Waals surface area contributed by atoms with Gasteiger partial charge in [-0.25, -0.2) is 9.07 Å². The number of anilines is 1. The summed E-state index contributed by atoms with van der Waals surface area (Å²) in [6.07, 6.45) is 3.33. The second-order valence-corrected chi connectivity index (χ2v) is 12.5. The van der Waals surface area contributed by atoms with Gasteiger partial charge in [-0.2, -0.15) is 5.10 Å². The number of hydrogen-bond acceptors (Lipinski definition) is 3. The number of nitrogen functional groups attached to an aromatic ring is 1. The summed E-state index contributed by atoms with van der Waals surface area (Å²) in [4.78, 5) is 0. The second kappa shape index (κ2) is 6.81. The first-order chi connectivity index (χ1) is 10.3. The van der Waals surface area contributed by atoms with Crippen LogP contribution < -0.4 is 5.73 Å². The van der Waals surface area contributed by atoms with Crippen molar-refractivity contribution in [3.05, 3.63) is 35.4 Å². The fraction of sp³-hybridized carbons (Fsp3) is 0.400. The minimum Gasteiger partial charge on any atom is -0.397 e. The number of rotatable bonds is 6. The van der Waals surface area contributed by atoms with E-state index in [4.69, 9.17) is 22.1 Å². The van der Waals surface area contributed by atoms with Gasteiger partial charge in [0, 0.05) is 32.0 Å². The predicted molar refractivity (Wildman–Crippen MR) is 91.1 cm³/mol. The molecule has 0 aliphatic carbocycles. The van der Waals surface area contributed by atoms with Crippen molar-refractivity contribution in [3.63, 3.8) is 0 Å². The average Bonchev–Trinajstić information content (AvgIpc) is 2.86. The molecule has 0 saturated heterocycles. The molecule has 1 aromatic carbocycles. The van der Waals surface area contributed by atoms with E-state index in [1.165, 1.54) is 12.1 Å². The van der Waals surface area contributed by atoms with Crippen molar-refractivity contribution in [3.8, 4) is 11.1 Å². The molecule has 0 saturated carbocycles. The van der Waals surface area contributed by atoms with Crippen molar-refractivity contribution in [2.45, 2.75) is 32.4 Å². The molecule has 0 bridgehead atoms. The molecule has 22 heavy (non-hydrogen) atoms. The lowest BCUT2D eigenvalue weighted by atomic mass is 10.1. The molecule has 2 N–H and O–H groups in total. The summed E-state index contributed by atoms with van der Waals surface area (Å²) in [7, 11) is -1.09. The maximum absolute atomic E-state index is 14.0. The minimum absolute atomic E-state index is 0.227. The Hall–Kier alpha value is -1.37. The molecule has 0 atom stereocenters. The molecule has 0 amide bonds. The normalized spacial score (nSPS) is 11.9. The molecular weight excluding hydrogens is 321 g/mol. The molecule has 1 aromatic heterocycles. The van der Waals surface area contributed by atoms with Gasteiger partial charge in [-0.05, 0) is 18.2 Å². The van der Waals surface area contributed by atoms with Crippen molar-refractivity contribution in [1.82, 2.24) is 9.78 Å². The Morgan fingerprint density at radius 1 is 1.36 bits per heavy atom. The Kier molecular flexibility index (Phi) is 5.26. The largest absolute Gasteiger partial charge is 0.397 e. The Balaban J connectivity index is 2.01. The summed E-state index contributed by atoms with van der Waals surface area (Å²) in [6.45, 7) is 7.98. The van der Waals surface area contributed by atoms with E-state index in [0.29, 0.717) is 29.5 Å². The molecule has 2 rings (SSSR count). The van der Waals surface area contributed by atoms with Gasteiger partial charge in [0.15, 0.2) is 0 Å². The lowest BCUT2D eigenvalue weighted by Gasteiger charge is -2.15. The Morgan fingerprint density at radius 2 is 2.09 bits per heavy atom. The zero-order valence-corrected chi connectivity index (χ0v) is 14.8. The number of halogens is 2. The lowest BCUT2D eigenvalue weighted by Crippen LogP contribution is -2.22. The van der Waals surface area contributed by atoms with Gasteiger partial charge in [0.1, 0.15) is 12.5 Å². The number of ether oxygens (including phenoxy) is 1. The molecule has 0 aliphatic rings. The summed E-state index contributed by atoms with van der Waals surface area (Å²) >= 11 is 5.95. The molecular formula is C15H21ClFN3OSi. The number of hydrogen-bond donors (Lipinski definition) is 1. The molecule has 120 valence electrons. The Labute approximate surface area is 136 Å². The van der Waals surface area contributed by atoms with E-state index in [1.54, 1.807) is 17.1 Å². The van der Waals surface area contributed by atoms with Crippen molar-refractivity contribution in [2.75, 3.05) is 12.3 Å². The zero-order chi connectivity index (χ0) is 16.3. The van der Waals surface area contributed by atoms with E-state index in [1.807, 2.05) is 0 Å². The Bertz CT molecular complexity index is 655. The van der Waals surface area contributed by atoms with Crippen LogP contribution in [0.2, 0.25) is 30.7 Å². The Morgan fingerprint density at radius 3 is 2.77 bits per heavy atom. The smallest absolute Gasteiger partial charge is 0.139 e. The first-order valence-corrected chi connectivity index (χ1v) is 11.2. The van der Waals surface area contributed by atoms with Crippen LogP contribution in [0.25, 0.3) is 11.1 Å². The topological polar surface area (TPSA) is 53.1 Å². The van der Waals surface area contributed by atoms with Gasteiger partial charge >= 0.3 is 0 Å². The quantitative estimate of drug-likeness (QED) is 0.486. The SMILES string of the molecule is C[Si](C)(C)CCOCn1cc(-c2cc(Cl)c(N)cc2F)cn1. The molecule has 4 nitrogen and oxygen atoms in total. The van der Waals surface area contributed by atoms with E-state index in [0.717, 1.165) is 6.04 Å². The summed E-state index contributed by atoms with van der Waals surface area (Å²) in [5, 5.41) is 4.51. The van der Waals surface area contributed by atoms with Gasteiger partial charge < -0.3 is 10.5 Å². The van der Waals surface area contributed by atoms with Crippen LogP contribution in [-0.4, -0.2) is 24.5 Å². The average molecular weight is 342 g/mol. The first kappa shape index (κ1) is 17.0.